The summed E-state index contributed by atoms with van der Waals surface area (Å²) in [6.45, 7) is 3.91. The minimum Gasteiger partial charge on any atom is -0.496 e. The van der Waals surface area contributed by atoms with Gasteiger partial charge in [-0.2, -0.15) is 0 Å². The fourth-order valence-corrected chi connectivity index (χ4v) is 1.88. The van der Waals surface area contributed by atoms with Crippen molar-refractivity contribution in [1.82, 2.24) is 0 Å². The zero-order valence-electron chi connectivity index (χ0n) is 10.5. The first-order valence-corrected chi connectivity index (χ1v) is 6.46. The largest absolute Gasteiger partial charge is 0.496 e. The van der Waals surface area contributed by atoms with E-state index in [1.165, 1.54) is 0 Å². The Balaban J connectivity index is 2.46. The second-order valence-corrected chi connectivity index (χ2v) is 4.50. The summed E-state index contributed by atoms with van der Waals surface area (Å²) >= 11 is 1.56. The third kappa shape index (κ3) is 5.61. The van der Waals surface area contributed by atoms with Crippen molar-refractivity contribution < 1.29 is 28.6 Å². The summed E-state index contributed by atoms with van der Waals surface area (Å²) in [6.07, 6.45) is 2.17. The second-order valence-electron chi connectivity index (χ2n) is 3.25. The molecule has 0 aliphatic carbocycles. The maximum absolute atomic E-state index is 7.82. The lowest BCUT2D eigenvalue weighted by molar-refractivity contribution is -0.431. The van der Waals surface area contributed by atoms with Gasteiger partial charge in [-0.3, -0.25) is 4.89 Å². The number of ether oxygens (including phenoxy) is 1. The summed E-state index contributed by atoms with van der Waals surface area (Å²) in [4.78, 5) is 5.42. The number of aryl methyl sites for hydroxylation is 2. The van der Waals surface area contributed by atoms with Crippen molar-refractivity contribution in [2.75, 3.05) is 7.11 Å². The molecule has 0 unspecified atom stereocenters. The summed E-state index contributed by atoms with van der Waals surface area (Å²) in [6, 6.07) is 3.84. The molecular weight excluding hydrogens is 292 g/mol. The Morgan fingerprint density at radius 2 is 1.95 bits per heavy atom. The molecule has 0 amide bonds. The van der Waals surface area contributed by atoms with Gasteiger partial charge in [0.1, 0.15) is 17.8 Å². The quantitative estimate of drug-likeness (QED) is 0.282. The summed E-state index contributed by atoms with van der Waals surface area (Å²) < 4.78 is 14.1. The van der Waals surface area contributed by atoms with E-state index in [-0.39, 0.29) is 0 Å². The minimum absolute atomic E-state index is 0.543. The van der Waals surface area contributed by atoms with Gasteiger partial charge in [-0.25, -0.2) is 5.26 Å². The molecular formula is C11H12O6S2. The predicted molar refractivity (Wildman–Crippen MR) is 70.7 cm³/mol. The molecule has 0 aromatic heterocycles. The Labute approximate surface area is 119 Å². The van der Waals surface area contributed by atoms with Crippen molar-refractivity contribution in [3.05, 3.63) is 23.3 Å². The van der Waals surface area contributed by atoms with Crippen LogP contribution in [0.2, 0.25) is 0 Å². The SMILES string of the molecule is COc1cc(SOOC#CSOOO)c(C)cc1C. The van der Waals surface area contributed by atoms with Gasteiger partial charge in [0.15, 0.2) is 6.11 Å². The van der Waals surface area contributed by atoms with Crippen molar-refractivity contribution in [3.8, 4) is 17.1 Å². The zero-order valence-corrected chi connectivity index (χ0v) is 12.1. The van der Waals surface area contributed by atoms with Crippen molar-refractivity contribution in [2.24, 2.45) is 0 Å². The molecule has 0 saturated heterocycles. The highest BCUT2D eigenvalue weighted by Gasteiger charge is 2.06. The average molecular weight is 304 g/mol. The van der Waals surface area contributed by atoms with Crippen molar-refractivity contribution in [3.63, 3.8) is 0 Å². The summed E-state index contributed by atoms with van der Waals surface area (Å²) in [5.41, 5.74) is 2.08. The van der Waals surface area contributed by atoms with Crippen LogP contribution < -0.4 is 4.74 Å². The number of rotatable bonds is 6. The standard InChI is InChI=1S/C11H12O6S2/c1-8-6-9(2)11(7-10(8)13-3)19-16-14-4-5-18-17-15-12/h6-7,12H,1-3H3. The Morgan fingerprint density at radius 1 is 1.16 bits per heavy atom. The lowest BCUT2D eigenvalue weighted by Crippen LogP contribution is -1.90. The number of hydrogen-bond donors (Lipinski definition) is 1. The van der Waals surface area contributed by atoms with E-state index in [1.807, 2.05) is 26.0 Å². The number of methoxy groups -OCH3 is 1. The average Bonchev–Trinajstić information content (AvgIpc) is 2.40. The van der Waals surface area contributed by atoms with Crippen molar-refractivity contribution >= 4 is 24.1 Å². The highest BCUT2D eigenvalue weighted by molar-refractivity contribution is 7.99. The smallest absolute Gasteiger partial charge is 0.173 e. The van der Waals surface area contributed by atoms with Crippen LogP contribution in [0.1, 0.15) is 11.1 Å². The molecule has 1 aromatic rings. The third-order valence-electron chi connectivity index (χ3n) is 2.04. The normalized spacial score (nSPS) is 9.68. The fourth-order valence-electron chi connectivity index (χ4n) is 1.26. The lowest BCUT2D eigenvalue weighted by Gasteiger charge is -2.09. The first-order chi connectivity index (χ1) is 9.19. The van der Waals surface area contributed by atoms with Crippen LogP contribution in [0.25, 0.3) is 0 Å². The van der Waals surface area contributed by atoms with E-state index in [0.717, 1.165) is 33.8 Å². The molecule has 0 bridgehead atoms. The Kier molecular flexibility index (Phi) is 7.50. The maximum atomic E-state index is 7.82. The number of benzene rings is 1. The molecule has 0 aliphatic rings. The van der Waals surface area contributed by atoms with Gasteiger partial charge in [0.05, 0.1) is 19.2 Å². The molecule has 8 heteroatoms. The van der Waals surface area contributed by atoms with E-state index < -0.39 is 0 Å². The Bertz CT molecular complexity index is 468. The highest BCUT2D eigenvalue weighted by Crippen LogP contribution is 2.30. The Morgan fingerprint density at radius 3 is 2.63 bits per heavy atom. The van der Waals surface area contributed by atoms with Gasteiger partial charge >= 0.3 is 0 Å². The van der Waals surface area contributed by atoms with Crippen LogP contribution in [-0.2, 0) is 18.6 Å². The Hall–Kier alpha value is -1.08. The van der Waals surface area contributed by atoms with Gasteiger partial charge in [0, 0.05) is 10.1 Å². The lowest BCUT2D eigenvalue weighted by atomic mass is 10.1. The van der Waals surface area contributed by atoms with Crippen LogP contribution in [0.3, 0.4) is 0 Å². The maximum Gasteiger partial charge on any atom is 0.173 e. The molecule has 0 saturated carbocycles. The van der Waals surface area contributed by atoms with Crippen LogP contribution in [0.4, 0.5) is 0 Å². The van der Waals surface area contributed by atoms with Gasteiger partial charge in [0.25, 0.3) is 0 Å². The van der Waals surface area contributed by atoms with E-state index in [2.05, 4.69) is 25.6 Å². The molecule has 6 nitrogen and oxygen atoms in total. The number of hydrogen-bond acceptors (Lipinski definition) is 8. The van der Waals surface area contributed by atoms with E-state index in [1.54, 1.807) is 7.11 Å². The fraction of sp³-hybridized carbons (Fsp3) is 0.273. The van der Waals surface area contributed by atoms with Gasteiger partial charge < -0.3 is 4.74 Å². The van der Waals surface area contributed by atoms with Crippen LogP contribution in [0, 0.1) is 25.2 Å². The van der Waals surface area contributed by atoms with E-state index in [9.17, 15) is 0 Å². The van der Waals surface area contributed by atoms with Crippen LogP contribution in [-0.4, -0.2) is 12.4 Å². The topological polar surface area (TPSA) is 66.4 Å². The summed E-state index contributed by atoms with van der Waals surface area (Å²) in [7, 11) is 1.61. The van der Waals surface area contributed by atoms with E-state index in [4.69, 9.17) is 14.3 Å². The van der Waals surface area contributed by atoms with Crippen molar-refractivity contribution in [2.45, 2.75) is 18.7 Å². The van der Waals surface area contributed by atoms with E-state index in [0.29, 0.717) is 12.0 Å². The predicted octanol–water partition coefficient (Wildman–Crippen LogP) is 3.26. The van der Waals surface area contributed by atoms with Crippen molar-refractivity contribution in [1.29, 1.82) is 0 Å². The van der Waals surface area contributed by atoms with Gasteiger partial charge in [0.2, 0.25) is 0 Å². The molecule has 1 N–H and O–H groups in total. The monoisotopic (exact) mass is 304 g/mol. The molecule has 0 heterocycles. The molecule has 1 rings (SSSR count). The van der Waals surface area contributed by atoms with Gasteiger partial charge in [-0.05, 0) is 31.0 Å². The van der Waals surface area contributed by atoms with Crippen LogP contribution in [0.15, 0.2) is 17.0 Å². The first kappa shape index (κ1) is 16.0. The first-order valence-electron chi connectivity index (χ1n) is 4.98. The molecule has 104 valence electrons. The molecule has 0 fully saturated rings. The summed E-state index contributed by atoms with van der Waals surface area (Å²) in [5.74, 6) is 0.770. The molecule has 0 radical (unpaired) electrons. The van der Waals surface area contributed by atoms with Gasteiger partial charge in [-0.15, -0.1) is 4.33 Å². The summed E-state index contributed by atoms with van der Waals surface area (Å²) in [5, 5.41) is 13.4. The molecule has 19 heavy (non-hydrogen) atoms. The molecule has 0 spiro atoms. The van der Waals surface area contributed by atoms with Crippen LogP contribution in [0.5, 0.6) is 5.75 Å². The third-order valence-corrected chi connectivity index (χ3v) is 3.09. The molecule has 0 atom stereocenters. The molecule has 1 aromatic carbocycles. The van der Waals surface area contributed by atoms with Crippen LogP contribution >= 0.6 is 24.1 Å². The molecule has 0 aliphatic heterocycles. The zero-order chi connectivity index (χ0) is 14.1. The second kappa shape index (κ2) is 8.92. The highest BCUT2D eigenvalue weighted by atomic mass is 32.2. The minimum atomic E-state index is 0.543. The van der Waals surface area contributed by atoms with Gasteiger partial charge in [-0.1, -0.05) is 15.4 Å². The van der Waals surface area contributed by atoms with E-state index >= 15 is 0 Å².